The Morgan fingerprint density at radius 3 is 2.82 bits per heavy atom. The molecule has 3 heteroatoms. The second-order valence-electron chi connectivity index (χ2n) is 4.26. The molecule has 0 amide bonds. The van der Waals surface area contributed by atoms with Crippen molar-refractivity contribution in [3.05, 3.63) is 23.8 Å². The van der Waals surface area contributed by atoms with Gasteiger partial charge in [0.1, 0.15) is 5.69 Å². The van der Waals surface area contributed by atoms with Gasteiger partial charge in [0.15, 0.2) is 0 Å². The summed E-state index contributed by atoms with van der Waals surface area (Å²) in [5, 5.41) is 4.57. The molecular formula is C14H20N2O. The Hall–Kier alpha value is -1.64. The first kappa shape index (κ1) is 11.8. The lowest BCUT2D eigenvalue weighted by Gasteiger charge is -2.06. The number of aromatic nitrogens is 1. The van der Waals surface area contributed by atoms with Gasteiger partial charge >= 0.3 is 0 Å². The summed E-state index contributed by atoms with van der Waals surface area (Å²) in [6.45, 7) is 7.93. The van der Waals surface area contributed by atoms with E-state index < -0.39 is 0 Å². The van der Waals surface area contributed by atoms with Gasteiger partial charge in [-0.05, 0) is 31.9 Å². The number of hydrogen-bond acceptors (Lipinski definition) is 2. The number of H-pyrrole nitrogens is 1. The molecule has 2 rings (SSSR count). The molecule has 0 saturated carbocycles. The molecule has 17 heavy (non-hydrogen) atoms. The van der Waals surface area contributed by atoms with Crippen LogP contribution in [0.3, 0.4) is 0 Å². The van der Waals surface area contributed by atoms with Crippen molar-refractivity contribution >= 4 is 16.6 Å². The van der Waals surface area contributed by atoms with Crippen LogP contribution in [-0.2, 0) is 0 Å². The van der Waals surface area contributed by atoms with Crippen LogP contribution in [0.25, 0.3) is 10.9 Å². The average molecular weight is 232 g/mol. The summed E-state index contributed by atoms with van der Waals surface area (Å²) in [7, 11) is 0. The molecule has 1 heterocycles. The van der Waals surface area contributed by atoms with Crippen molar-refractivity contribution in [3.8, 4) is 5.88 Å². The van der Waals surface area contributed by atoms with Crippen molar-refractivity contribution in [2.24, 2.45) is 0 Å². The van der Waals surface area contributed by atoms with Gasteiger partial charge in [0.25, 0.3) is 0 Å². The highest BCUT2D eigenvalue weighted by molar-refractivity contribution is 5.96. The van der Waals surface area contributed by atoms with Crippen LogP contribution in [0, 0.1) is 6.92 Å². The SMILES string of the molecule is CCCOc1[nH]c2cc(C)ccc2c1NCC. The van der Waals surface area contributed by atoms with E-state index in [-0.39, 0.29) is 0 Å². The van der Waals surface area contributed by atoms with Gasteiger partial charge in [-0.2, -0.15) is 0 Å². The van der Waals surface area contributed by atoms with Crippen LogP contribution in [-0.4, -0.2) is 18.1 Å². The third kappa shape index (κ3) is 2.38. The van der Waals surface area contributed by atoms with Gasteiger partial charge in [-0.25, -0.2) is 0 Å². The molecule has 0 unspecified atom stereocenters. The van der Waals surface area contributed by atoms with E-state index in [9.17, 15) is 0 Å². The van der Waals surface area contributed by atoms with Crippen LogP contribution in [0.5, 0.6) is 5.88 Å². The van der Waals surface area contributed by atoms with E-state index in [2.05, 4.69) is 49.3 Å². The Morgan fingerprint density at radius 1 is 1.29 bits per heavy atom. The third-order valence-corrected chi connectivity index (χ3v) is 2.72. The molecule has 0 bridgehead atoms. The zero-order valence-electron chi connectivity index (χ0n) is 10.8. The third-order valence-electron chi connectivity index (χ3n) is 2.72. The largest absolute Gasteiger partial charge is 0.478 e. The Kier molecular flexibility index (Phi) is 3.57. The van der Waals surface area contributed by atoms with Crippen molar-refractivity contribution in [1.29, 1.82) is 0 Å². The van der Waals surface area contributed by atoms with Crippen LogP contribution in [0.4, 0.5) is 5.69 Å². The minimum absolute atomic E-state index is 0.740. The molecule has 0 aliphatic carbocycles. The molecular weight excluding hydrogens is 212 g/mol. The lowest BCUT2D eigenvalue weighted by molar-refractivity contribution is 0.309. The molecule has 0 fully saturated rings. The molecule has 0 aliphatic rings. The van der Waals surface area contributed by atoms with E-state index in [4.69, 9.17) is 4.74 Å². The van der Waals surface area contributed by atoms with Crippen LogP contribution >= 0.6 is 0 Å². The average Bonchev–Trinajstić information content (AvgIpc) is 2.64. The number of anilines is 1. The Bertz CT molecular complexity index is 502. The maximum absolute atomic E-state index is 5.75. The summed E-state index contributed by atoms with van der Waals surface area (Å²) in [6, 6.07) is 6.41. The van der Waals surface area contributed by atoms with E-state index in [1.165, 1.54) is 10.9 Å². The lowest BCUT2D eigenvalue weighted by atomic mass is 10.2. The van der Waals surface area contributed by atoms with E-state index in [1.54, 1.807) is 0 Å². The number of aromatic amines is 1. The normalized spacial score (nSPS) is 10.8. The summed E-state index contributed by atoms with van der Waals surface area (Å²) in [4.78, 5) is 3.34. The molecule has 0 spiro atoms. The first-order valence-electron chi connectivity index (χ1n) is 6.25. The number of rotatable bonds is 5. The topological polar surface area (TPSA) is 37.0 Å². The van der Waals surface area contributed by atoms with Gasteiger partial charge in [-0.15, -0.1) is 0 Å². The summed E-state index contributed by atoms with van der Waals surface area (Å²) in [5.74, 6) is 0.856. The Balaban J connectivity index is 2.45. The van der Waals surface area contributed by atoms with Crippen molar-refractivity contribution < 1.29 is 4.74 Å². The summed E-state index contributed by atoms with van der Waals surface area (Å²) >= 11 is 0. The quantitative estimate of drug-likeness (QED) is 0.824. The zero-order chi connectivity index (χ0) is 12.3. The number of hydrogen-bond donors (Lipinski definition) is 2. The summed E-state index contributed by atoms with van der Waals surface area (Å²) in [5.41, 5.74) is 3.46. The number of benzene rings is 1. The van der Waals surface area contributed by atoms with Gasteiger partial charge in [0.2, 0.25) is 5.88 Å². The van der Waals surface area contributed by atoms with Crippen molar-refractivity contribution in [3.63, 3.8) is 0 Å². The monoisotopic (exact) mass is 232 g/mol. The fraction of sp³-hybridized carbons (Fsp3) is 0.429. The van der Waals surface area contributed by atoms with E-state index in [0.717, 1.165) is 36.7 Å². The van der Waals surface area contributed by atoms with Gasteiger partial charge < -0.3 is 15.0 Å². The van der Waals surface area contributed by atoms with Crippen molar-refractivity contribution in [2.75, 3.05) is 18.5 Å². The number of ether oxygens (including phenoxy) is 1. The van der Waals surface area contributed by atoms with Gasteiger partial charge in [-0.3, -0.25) is 0 Å². The molecule has 0 radical (unpaired) electrons. The predicted octanol–water partition coefficient (Wildman–Crippen LogP) is 3.70. The fourth-order valence-electron chi connectivity index (χ4n) is 1.95. The van der Waals surface area contributed by atoms with Gasteiger partial charge in [0.05, 0.1) is 12.1 Å². The van der Waals surface area contributed by atoms with Crippen LogP contribution in [0.1, 0.15) is 25.8 Å². The Morgan fingerprint density at radius 2 is 2.12 bits per heavy atom. The molecule has 1 aromatic heterocycles. The summed E-state index contributed by atoms with van der Waals surface area (Å²) in [6.07, 6.45) is 1.01. The highest BCUT2D eigenvalue weighted by Gasteiger charge is 2.11. The fourth-order valence-corrected chi connectivity index (χ4v) is 1.95. The first-order chi connectivity index (χ1) is 8.26. The van der Waals surface area contributed by atoms with Crippen LogP contribution < -0.4 is 10.1 Å². The molecule has 2 aromatic rings. The van der Waals surface area contributed by atoms with Crippen LogP contribution in [0.15, 0.2) is 18.2 Å². The zero-order valence-corrected chi connectivity index (χ0v) is 10.8. The molecule has 0 atom stereocenters. The number of aryl methyl sites for hydroxylation is 1. The highest BCUT2D eigenvalue weighted by atomic mass is 16.5. The maximum Gasteiger partial charge on any atom is 0.216 e. The second-order valence-corrected chi connectivity index (χ2v) is 4.26. The van der Waals surface area contributed by atoms with Gasteiger partial charge in [-0.1, -0.05) is 19.1 Å². The molecule has 1 aromatic carbocycles. The summed E-state index contributed by atoms with van der Waals surface area (Å²) < 4.78 is 5.75. The molecule has 3 nitrogen and oxygen atoms in total. The highest BCUT2D eigenvalue weighted by Crippen LogP contribution is 2.33. The minimum Gasteiger partial charge on any atom is -0.478 e. The molecule has 92 valence electrons. The second kappa shape index (κ2) is 5.13. The smallest absolute Gasteiger partial charge is 0.216 e. The number of nitrogens with one attached hydrogen (secondary N) is 2. The molecule has 2 N–H and O–H groups in total. The first-order valence-corrected chi connectivity index (χ1v) is 6.25. The van der Waals surface area contributed by atoms with Crippen molar-refractivity contribution in [1.82, 2.24) is 4.98 Å². The standard InChI is InChI=1S/C14H20N2O/c1-4-8-17-14-13(15-5-2)11-7-6-10(3)9-12(11)16-14/h6-7,9,15-16H,4-5,8H2,1-3H3. The van der Waals surface area contributed by atoms with E-state index in [0.29, 0.717) is 0 Å². The molecule has 0 aliphatic heterocycles. The minimum atomic E-state index is 0.740. The van der Waals surface area contributed by atoms with Crippen molar-refractivity contribution in [2.45, 2.75) is 27.2 Å². The lowest BCUT2D eigenvalue weighted by Crippen LogP contribution is -2.01. The van der Waals surface area contributed by atoms with Crippen LogP contribution in [0.2, 0.25) is 0 Å². The number of fused-ring (bicyclic) bond motifs is 1. The van der Waals surface area contributed by atoms with Gasteiger partial charge in [0, 0.05) is 11.9 Å². The van der Waals surface area contributed by atoms with E-state index in [1.807, 2.05) is 0 Å². The van der Waals surface area contributed by atoms with E-state index >= 15 is 0 Å². The Labute approximate surface area is 102 Å². The maximum atomic E-state index is 5.75. The molecule has 0 saturated heterocycles. The predicted molar refractivity (Wildman–Crippen MR) is 73.0 cm³/mol.